The Kier molecular flexibility index (Phi) is 3.10. The van der Waals surface area contributed by atoms with Crippen molar-refractivity contribution in [3.8, 4) is 0 Å². The fraction of sp³-hybridized carbons (Fsp3) is 0.300. The summed E-state index contributed by atoms with van der Waals surface area (Å²) >= 11 is 1.38. The van der Waals surface area contributed by atoms with Crippen LogP contribution in [-0.2, 0) is 0 Å². The number of thiophene rings is 1. The fourth-order valence-corrected chi connectivity index (χ4v) is 2.21. The monoisotopic (exact) mass is 251 g/mol. The van der Waals surface area contributed by atoms with Crippen LogP contribution in [-0.4, -0.2) is 21.1 Å². The number of nitrogens with one attached hydrogen (secondary N) is 2. The van der Waals surface area contributed by atoms with Crippen LogP contribution in [0, 0.1) is 6.92 Å². The van der Waals surface area contributed by atoms with Gasteiger partial charge in [-0.2, -0.15) is 5.10 Å². The molecule has 7 heteroatoms. The first-order valence-corrected chi connectivity index (χ1v) is 5.91. The van der Waals surface area contributed by atoms with Crippen molar-refractivity contribution < 1.29 is 4.79 Å². The molecule has 17 heavy (non-hydrogen) atoms. The summed E-state index contributed by atoms with van der Waals surface area (Å²) in [5, 5.41) is 9.27. The number of carbonyl (C=O) groups excluding carboxylic acids is 1. The van der Waals surface area contributed by atoms with Gasteiger partial charge in [-0.05, 0) is 19.9 Å². The van der Waals surface area contributed by atoms with E-state index in [1.54, 1.807) is 6.07 Å². The summed E-state index contributed by atoms with van der Waals surface area (Å²) in [7, 11) is 0. The van der Waals surface area contributed by atoms with Crippen molar-refractivity contribution in [3.05, 3.63) is 28.0 Å². The number of hydrogen-bond donors (Lipinski definition) is 3. The summed E-state index contributed by atoms with van der Waals surface area (Å²) in [6.07, 6.45) is 1.41. The molecule has 2 heterocycles. The Morgan fingerprint density at radius 1 is 1.65 bits per heavy atom. The Hall–Kier alpha value is -1.89. The minimum absolute atomic E-state index is 0.154. The quantitative estimate of drug-likeness (QED) is 0.764. The van der Waals surface area contributed by atoms with Gasteiger partial charge in [0.15, 0.2) is 0 Å². The lowest BCUT2D eigenvalue weighted by molar-refractivity contribution is 0.0942. The third-order valence-electron chi connectivity index (χ3n) is 2.37. The van der Waals surface area contributed by atoms with Crippen LogP contribution in [0.3, 0.4) is 0 Å². The van der Waals surface area contributed by atoms with Crippen LogP contribution >= 0.6 is 11.3 Å². The number of nitrogens with two attached hydrogens (primary N) is 1. The Labute approximate surface area is 102 Å². The number of nitrogens with zero attached hydrogens (tertiary/aromatic N) is 2. The van der Waals surface area contributed by atoms with Crippen LogP contribution in [0.1, 0.15) is 33.3 Å². The standard InChI is InChI=1S/C10H13N5OS/c1-5(9-12-4-13-15-9)14-10(16)8-3-7(11)6(2)17-8/h3-5H,11H2,1-2H3,(H,14,16)(H,12,13,15). The van der Waals surface area contributed by atoms with Gasteiger partial charge in [0.1, 0.15) is 12.2 Å². The van der Waals surface area contributed by atoms with Gasteiger partial charge in [-0.3, -0.25) is 9.89 Å². The van der Waals surface area contributed by atoms with Crippen LogP contribution in [0.4, 0.5) is 5.69 Å². The number of amides is 1. The van der Waals surface area contributed by atoms with Crippen molar-refractivity contribution in [2.75, 3.05) is 5.73 Å². The van der Waals surface area contributed by atoms with E-state index in [2.05, 4.69) is 20.5 Å². The topological polar surface area (TPSA) is 96.7 Å². The molecule has 0 saturated carbocycles. The first-order chi connectivity index (χ1) is 8.08. The van der Waals surface area contributed by atoms with E-state index in [9.17, 15) is 4.79 Å². The zero-order valence-corrected chi connectivity index (χ0v) is 10.3. The van der Waals surface area contributed by atoms with E-state index in [-0.39, 0.29) is 11.9 Å². The highest BCUT2D eigenvalue weighted by Gasteiger charge is 2.15. The Balaban J connectivity index is 2.07. The van der Waals surface area contributed by atoms with Gasteiger partial charge in [0.25, 0.3) is 5.91 Å². The molecule has 2 aromatic heterocycles. The predicted molar refractivity (Wildman–Crippen MR) is 65.7 cm³/mol. The molecule has 2 aromatic rings. The maximum Gasteiger partial charge on any atom is 0.262 e. The second-order valence-electron chi connectivity index (χ2n) is 3.69. The lowest BCUT2D eigenvalue weighted by Gasteiger charge is -2.09. The molecule has 2 rings (SSSR count). The van der Waals surface area contributed by atoms with Gasteiger partial charge in [-0.1, -0.05) is 0 Å². The zero-order valence-electron chi connectivity index (χ0n) is 9.52. The normalized spacial score (nSPS) is 12.4. The highest BCUT2D eigenvalue weighted by Crippen LogP contribution is 2.23. The van der Waals surface area contributed by atoms with Gasteiger partial charge in [0, 0.05) is 10.6 Å². The van der Waals surface area contributed by atoms with Crippen molar-refractivity contribution in [2.24, 2.45) is 0 Å². The second kappa shape index (κ2) is 4.54. The molecular formula is C10H13N5OS. The molecule has 1 atom stereocenters. The van der Waals surface area contributed by atoms with E-state index >= 15 is 0 Å². The zero-order chi connectivity index (χ0) is 12.4. The van der Waals surface area contributed by atoms with E-state index in [0.717, 1.165) is 4.88 Å². The molecule has 0 spiro atoms. The number of carbonyl (C=O) groups is 1. The number of aromatic amines is 1. The summed E-state index contributed by atoms with van der Waals surface area (Å²) in [5.41, 5.74) is 6.35. The van der Waals surface area contributed by atoms with Gasteiger partial charge in [0.05, 0.1) is 10.9 Å². The van der Waals surface area contributed by atoms with E-state index in [1.165, 1.54) is 17.7 Å². The average Bonchev–Trinajstić information content (AvgIpc) is 2.89. The maximum absolute atomic E-state index is 11.9. The second-order valence-corrected chi connectivity index (χ2v) is 4.94. The van der Waals surface area contributed by atoms with E-state index in [1.807, 2.05) is 13.8 Å². The van der Waals surface area contributed by atoms with Gasteiger partial charge in [-0.25, -0.2) is 4.98 Å². The Bertz CT molecular complexity index is 499. The molecule has 0 aromatic carbocycles. The summed E-state index contributed by atoms with van der Waals surface area (Å²) in [6.45, 7) is 3.72. The molecule has 90 valence electrons. The molecule has 0 aliphatic carbocycles. The largest absolute Gasteiger partial charge is 0.398 e. The van der Waals surface area contributed by atoms with Gasteiger partial charge in [-0.15, -0.1) is 11.3 Å². The minimum Gasteiger partial charge on any atom is -0.398 e. The molecule has 0 saturated heterocycles. The van der Waals surface area contributed by atoms with Gasteiger partial charge in [0.2, 0.25) is 0 Å². The number of aryl methyl sites for hydroxylation is 1. The molecule has 0 aliphatic rings. The highest BCUT2D eigenvalue weighted by atomic mass is 32.1. The number of aromatic nitrogens is 3. The number of nitrogen functional groups attached to an aromatic ring is 1. The minimum atomic E-state index is -0.214. The van der Waals surface area contributed by atoms with E-state index < -0.39 is 0 Å². The van der Waals surface area contributed by atoms with Crippen LogP contribution < -0.4 is 11.1 Å². The van der Waals surface area contributed by atoms with Crippen molar-refractivity contribution in [3.63, 3.8) is 0 Å². The smallest absolute Gasteiger partial charge is 0.262 e. The fourth-order valence-electron chi connectivity index (χ4n) is 1.37. The molecule has 0 radical (unpaired) electrons. The van der Waals surface area contributed by atoms with Crippen LogP contribution in [0.15, 0.2) is 12.4 Å². The summed E-state index contributed by atoms with van der Waals surface area (Å²) in [6, 6.07) is 1.47. The van der Waals surface area contributed by atoms with Crippen molar-refractivity contribution in [1.29, 1.82) is 0 Å². The first-order valence-electron chi connectivity index (χ1n) is 5.10. The number of hydrogen-bond acceptors (Lipinski definition) is 5. The van der Waals surface area contributed by atoms with Crippen LogP contribution in [0.2, 0.25) is 0 Å². The number of H-pyrrole nitrogens is 1. The van der Waals surface area contributed by atoms with Crippen LogP contribution in [0.25, 0.3) is 0 Å². The molecule has 1 unspecified atom stereocenters. The van der Waals surface area contributed by atoms with Gasteiger partial charge < -0.3 is 11.1 Å². The average molecular weight is 251 g/mol. The highest BCUT2D eigenvalue weighted by molar-refractivity contribution is 7.14. The lowest BCUT2D eigenvalue weighted by Crippen LogP contribution is -2.26. The molecule has 0 bridgehead atoms. The summed E-state index contributed by atoms with van der Waals surface area (Å²) in [5.74, 6) is 0.471. The van der Waals surface area contributed by atoms with Crippen LogP contribution in [0.5, 0.6) is 0 Å². The number of rotatable bonds is 3. The predicted octanol–water partition coefficient (Wildman–Crippen LogP) is 1.25. The molecular weight excluding hydrogens is 238 g/mol. The lowest BCUT2D eigenvalue weighted by atomic mass is 10.3. The molecule has 6 nitrogen and oxygen atoms in total. The molecule has 0 fully saturated rings. The van der Waals surface area contributed by atoms with Crippen molar-refractivity contribution >= 4 is 22.9 Å². The maximum atomic E-state index is 11.9. The van der Waals surface area contributed by atoms with E-state index in [4.69, 9.17) is 5.73 Å². The third-order valence-corrected chi connectivity index (χ3v) is 3.44. The van der Waals surface area contributed by atoms with Crippen molar-refractivity contribution in [1.82, 2.24) is 20.5 Å². The Morgan fingerprint density at radius 3 is 2.94 bits per heavy atom. The van der Waals surface area contributed by atoms with Crippen molar-refractivity contribution in [2.45, 2.75) is 19.9 Å². The summed E-state index contributed by atoms with van der Waals surface area (Å²) < 4.78 is 0. The summed E-state index contributed by atoms with van der Waals surface area (Å²) in [4.78, 5) is 17.4. The molecule has 4 N–H and O–H groups in total. The Morgan fingerprint density at radius 2 is 2.41 bits per heavy atom. The first kappa shape index (κ1) is 11.6. The SMILES string of the molecule is Cc1sc(C(=O)NC(C)c2ncn[nH]2)cc1N. The molecule has 0 aliphatic heterocycles. The third kappa shape index (κ3) is 2.44. The van der Waals surface area contributed by atoms with Gasteiger partial charge >= 0.3 is 0 Å². The number of anilines is 1. The molecule has 1 amide bonds. The van der Waals surface area contributed by atoms with E-state index in [0.29, 0.717) is 16.4 Å².